The van der Waals surface area contributed by atoms with E-state index in [1.54, 1.807) is 12.1 Å². The molecule has 1 aromatic rings. The molecule has 2 nitrogen and oxygen atoms in total. The largest absolute Gasteiger partial charge is 0.487 e. The molecule has 1 saturated carbocycles. The summed E-state index contributed by atoms with van der Waals surface area (Å²) in [6, 6.07) is 5.54. The van der Waals surface area contributed by atoms with Crippen molar-refractivity contribution in [2.45, 2.75) is 65.0 Å². The summed E-state index contributed by atoms with van der Waals surface area (Å²) < 4.78 is 20.2. The molecule has 0 radical (unpaired) electrons. The fraction of sp³-hybridized carbons (Fsp3) is 0.667. The van der Waals surface area contributed by atoms with Gasteiger partial charge < -0.3 is 10.1 Å². The van der Waals surface area contributed by atoms with E-state index in [1.807, 2.05) is 6.07 Å². The van der Waals surface area contributed by atoms with E-state index in [9.17, 15) is 4.39 Å². The van der Waals surface area contributed by atoms with Crippen LogP contribution in [0.4, 0.5) is 4.39 Å². The monoisotopic (exact) mass is 293 g/mol. The van der Waals surface area contributed by atoms with Crippen molar-refractivity contribution in [3.05, 3.63) is 29.6 Å². The minimum Gasteiger partial charge on any atom is -0.487 e. The summed E-state index contributed by atoms with van der Waals surface area (Å²) in [7, 11) is 0. The van der Waals surface area contributed by atoms with E-state index in [0.717, 1.165) is 24.9 Å². The highest BCUT2D eigenvalue weighted by Gasteiger charge is 2.24. The Morgan fingerprint density at radius 2 is 2.10 bits per heavy atom. The maximum atomic E-state index is 14.3. The summed E-state index contributed by atoms with van der Waals surface area (Å²) in [5.74, 6) is 0.679. The van der Waals surface area contributed by atoms with E-state index in [1.165, 1.54) is 19.3 Å². The van der Waals surface area contributed by atoms with Crippen LogP contribution >= 0.6 is 0 Å². The first-order valence-corrected chi connectivity index (χ1v) is 8.31. The van der Waals surface area contributed by atoms with Crippen LogP contribution in [-0.4, -0.2) is 12.6 Å². The molecule has 0 saturated heterocycles. The Morgan fingerprint density at radius 3 is 2.76 bits per heavy atom. The van der Waals surface area contributed by atoms with Gasteiger partial charge in [-0.15, -0.1) is 0 Å². The predicted molar refractivity (Wildman–Crippen MR) is 85.2 cm³/mol. The molecule has 0 heterocycles. The quantitative estimate of drug-likeness (QED) is 0.810. The smallest absolute Gasteiger partial charge is 0.165 e. The number of rotatable bonds is 6. The molecule has 3 atom stereocenters. The second kappa shape index (κ2) is 7.79. The standard InChI is InChI=1S/C18H28FNO/c1-4-11-20-14(3)15-9-10-18(16(19)12-15)21-17-8-6-5-7-13(17)2/h9-10,12-14,17,20H,4-8,11H2,1-3H3. The molecule has 3 heteroatoms. The minimum absolute atomic E-state index is 0.162. The molecular weight excluding hydrogens is 265 g/mol. The Kier molecular flexibility index (Phi) is 6.04. The molecule has 2 rings (SSSR count). The summed E-state index contributed by atoms with van der Waals surface area (Å²) in [5.41, 5.74) is 0.977. The average Bonchev–Trinajstić information content (AvgIpc) is 2.49. The van der Waals surface area contributed by atoms with Crippen LogP contribution in [0.1, 0.15) is 64.5 Å². The molecule has 1 aliphatic rings. The van der Waals surface area contributed by atoms with Crippen LogP contribution in [-0.2, 0) is 0 Å². The summed E-state index contributed by atoms with van der Waals surface area (Å²) in [6.45, 7) is 7.34. The zero-order valence-electron chi connectivity index (χ0n) is 13.5. The number of benzene rings is 1. The molecule has 118 valence electrons. The average molecular weight is 293 g/mol. The van der Waals surface area contributed by atoms with Crippen molar-refractivity contribution in [2.75, 3.05) is 6.54 Å². The molecule has 0 aromatic heterocycles. The van der Waals surface area contributed by atoms with E-state index in [4.69, 9.17) is 4.74 Å². The van der Waals surface area contributed by atoms with E-state index in [0.29, 0.717) is 11.7 Å². The van der Waals surface area contributed by atoms with Gasteiger partial charge in [0.05, 0.1) is 0 Å². The highest BCUT2D eigenvalue weighted by molar-refractivity contribution is 5.31. The second-order valence-electron chi connectivity index (χ2n) is 6.28. The van der Waals surface area contributed by atoms with Crippen LogP contribution in [0.25, 0.3) is 0 Å². The fourth-order valence-electron chi connectivity index (χ4n) is 2.98. The number of nitrogens with one attached hydrogen (secondary N) is 1. The lowest BCUT2D eigenvalue weighted by Crippen LogP contribution is -2.28. The van der Waals surface area contributed by atoms with Crippen molar-refractivity contribution < 1.29 is 9.13 Å². The molecule has 0 aliphatic heterocycles. The third kappa shape index (κ3) is 4.44. The maximum Gasteiger partial charge on any atom is 0.165 e. The summed E-state index contributed by atoms with van der Waals surface area (Å²) in [5, 5.41) is 3.38. The summed E-state index contributed by atoms with van der Waals surface area (Å²) in [6.07, 6.45) is 5.91. The number of ether oxygens (including phenoxy) is 1. The SMILES string of the molecule is CCCNC(C)c1ccc(OC2CCCCC2C)c(F)c1. The van der Waals surface area contributed by atoms with Gasteiger partial charge in [0.25, 0.3) is 0 Å². The Bertz CT molecular complexity index is 449. The molecule has 1 aliphatic carbocycles. The Morgan fingerprint density at radius 1 is 1.33 bits per heavy atom. The predicted octanol–water partition coefficient (Wildman–Crippen LogP) is 4.84. The molecule has 0 spiro atoms. The van der Waals surface area contributed by atoms with E-state index >= 15 is 0 Å². The van der Waals surface area contributed by atoms with Crippen molar-refractivity contribution in [3.8, 4) is 5.75 Å². The Labute approximate surface area is 128 Å². The number of hydrogen-bond acceptors (Lipinski definition) is 2. The van der Waals surface area contributed by atoms with Gasteiger partial charge in [-0.05, 0) is 62.8 Å². The highest BCUT2D eigenvalue weighted by atomic mass is 19.1. The zero-order valence-corrected chi connectivity index (χ0v) is 13.5. The molecule has 1 N–H and O–H groups in total. The first-order chi connectivity index (χ1) is 10.1. The molecule has 0 bridgehead atoms. The maximum absolute atomic E-state index is 14.3. The van der Waals surface area contributed by atoms with Gasteiger partial charge in [0.15, 0.2) is 11.6 Å². The van der Waals surface area contributed by atoms with Gasteiger partial charge in [0, 0.05) is 6.04 Å². The first-order valence-electron chi connectivity index (χ1n) is 8.31. The lowest BCUT2D eigenvalue weighted by Gasteiger charge is -2.29. The van der Waals surface area contributed by atoms with Gasteiger partial charge in [0.2, 0.25) is 0 Å². The van der Waals surface area contributed by atoms with Gasteiger partial charge in [0.1, 0.15) is 6.10 Å². The van der Waals surface area contributed by atoms with Gasteiger partial charge in [-0.25, -0.2) is 4.39 Å². The topological polar surface area (TPSA) is 21.3 Å². The Hall–Kier alpha value is -1.09. The lowest BCUT2D eigenvalue weighted by atomic mass is 9.88. The van der Waals surface area contributed by atoms with Crippen molar-refractivity contribution in [1.29, 1.82) is 0 Å². The van der Waals surface area contributed by atoms with Gasteiger partial charge in [-0.1, -0.05) is 26.3 Å². The lowest BCUT2D eigenvalue weighted by molar-refractivity contribution is 0.0979. The van der Waals surface area contributed by atoms with Crippen molar-refractivity contribution in [1.82, 2.24) is 5.32 Å². The Balaban J connectivity index is 2.01. The second-order valence-corrected chi connectivity index (χ2v) is 6.28. The van der Waals surface area contributed by atoms with Crippen LogP contribution < -0.4 is 10.1 Å². The van der Waals surface area contributed by atoms with E-state index < -0.39 is 0 Å². The molecule has 3 unspecified atom stereocenters. The van der Waals surface area contributed by atoms with Crippen LogP contribution in [0, 0.1) is 11.7 Å². The molecule has 1 aromatic carbocycles. The van der Waals surface area contributed by atoms with Crippen molar-refractivity contribution >= 4 is 0 Å². The van der Waals surface area contributed by atoms with Crippen molar-refractivity contribution in [3.63, 3.8) is 0 Å². The number of halogens is 1. The molecule has 21 heavy (non-hydrogen) atoms. The third-order valence-corrected chi connectivity index (χ3v) is 4.47. The third-order valence-electron chi connectivity index (χ3n) is 4.47. The summed E-state index contributed by atoms with van der Waals surface area (Å²) >= 11 is 0. The molecule has 1 fully saturated rings. The molecular formula is C18H28FNO. The molecule has 0 amide bonds. The summed E-state index contributed by atoms with van der Waals surface area (Å²) in [4.78, 5) is 0. The number of hydrogen-bond donors (Lipinski definition) is 1. The highest BCUT2D eigenvalue weighted by Crippen LogP contribution is 2.30. The van der Waals surface area contributed by atoms with Gasteiger partial charge in [-0.2, -0.15) is 0 Å². The van der Waals surface area contributed by atoms with Crippen LogP contribution in [0.2, 0.25) is 0 Å². The van der Waals surface area contributed by atoms with E-state index in [2.05, 4.69) is 26.1 Å². The van der Waals surface area contributed by atoms with Gasteiger partial charge in [-0.3, -0.25) is 0 Å². The van der Waals surface area contributed by atoms with Crippen LogP contribution in [0.3, 0.4) is 0 Å². The van der Waals surface area contributed by atoms with Crippen LogP contribution in [0.15, 0.2) is 18.2 Å². The van der Waals surface area contributed by atoms with E-state index in [-0.39, 0.29) is 18.0 Å². The first kappa shape index (κ1) is 16.3. The van der Waals surface area contributed by atoms with Gasteiger partial charge >= 0.3 is 0 Å². The van der Waals surface area contributed by atoms with Crippen LogP contribution in [0.5, 0.6) is 5.75 Å². The normalized spacial score (nSPS) is 23.8. The fourth-order valence-corrected chi connectivity index (χ4v) is 2.98. The van der Waals surface area contributed by atoms with Crippen molar-refractivity contribution in [2.24, 2.45) is 5.92 Å². The zero-order chi connectivity index (χ0) is 15.2. The minimum atomic E-state index is -0.240.